The number of unbranched alkanes of at least 4 members (excludes halogenated alkanes) is 1. The van der Waals surface area contributed by atoms with Gasteiger partial charge in [0.1, 0.15) is 0 Å². The molecule has 0 aliphatic carbocycles. The van der Waals surface area contributed by atoms with Crippen LogP contribution in [0.5, 0.6) is 0 Å². The van der Waals surface area contributed by atoms with Crippen molar-refractivity contribution in [2.75, 3.05) is 26.2 Å². The summed E-state index contributed by atoms with van der Waals surface area (Å²) >= 11 is 0. The van der Waals surface area contributed by atoms with Crippen molar-refractivity contribution in [1.29, 1.82) is 0 Å². The van der Waals surface area contributed by atoms with Crippen molar-refractivity contribution in [3.8, 4) is 0 Å². The summed E-state index contributed by atoms with van der Waals surface area (Å²) < 4.78 is 0. The molecule has 96 valence electrons. The Labute approximate surface area is 102 Å². The summed E-state index contributed by atoms with van der Waals surface area (Å²) in [6, 6.07) is 0.793. The van der Waals surface area contributed by atoms with E-state index in [9.17, 15) is 0 Å². The maximum absolute atomic E-state index is 3.71. The first-order chi connectivity index (χ1) is 7.72. The summed E-state index contributed by atoms with van der Waals surface area (Å²) in [4.78, 5) is 2.55. The molecule has 0 bridgehead atoms. The molecular weight excluding hydrogens is 196 g/mol. The van der Waals surface area contributed by atoms with Crippen molar-refractivity contribution in [3.05, 3.63) is 0 Å². The second kappa shape index (κ2) is 8.08. The molecule has 1 aliphatic heterocycles. The van der Waals surface area contributed by atoms with Gasteiger partial charge in [-0.05, 0) is 51.4 Å². The molecule has 16 heavy (non-hydrogen) atoms. The van der Waals surface area contributed by atoms with E-state index in [0.29, 0.717) is 0 Å². The summed E-state index contributed by atoms with van der Waals surface area (Å²) in [7, 11) is 0. The lowest BCUT2D eigenvalue weighted by molar-refractivity contribution is 0.206. The second-order valence-electron chi connectivity index (χ2n) is 5.55. The first-order valence-electron chi connectivity index (χ1n) is 7.18. The van der Waals surface area contributed by atoms with Crippen LogP contribution in [0.4, 0.5) is 0 Å². The fraction of sp³-hybridized carbons (Fsp3) is 1.00. The maximum Gasteiger partial charge on any atom is 0.00914 e. The van der Waals surface area contributed by atoms with Crippen molar-refractivity contribution >= 4 is 0 Å². The van der Waals surface area contributed by atoms with Crippen LogP contribution in [0.2, 0.25) is 0 Å². The summed E-state index contributed by atoms with van der Waals surface area (Å²) in [5.74, 6) is 0.868. The summed E-state index contributed by atoms with van der Waals surface area (Å²) in [5.41, 5.74) is 0. The van der Waals surface area contributed by atoms with E-state index in [4.69, 9.17) is 0 Å². The van der Waals surface area contributed by atoms with E-state index in [0.717, 1.165) is 12.0 Å². The fourth-order valence-corrected chi connectivity index (χ4v) is 2.44. The van der Waals surface area contributed by atoms with Crippen LogP contribution < -0.4 is 5.32 Å². The third-order valence-corrected chi connectivity index (χ3v) is 3.68. The predicted octanol–water partition coefficient (Wildman–Crippen LogP) is 2.89. The van der Waals surface area contributed by atoms with Crippen molar-refractivity contribution in [1.82, 2.24) is 10.2 Å². The van der Waals surface area contributed by atoms with E-state index in [-0.39, 0.29) is 0 Å². The number of hydrogen-bond donors (Lipinski definition) is 1. The Morgan fingerprint density at radius 3 is 2.44 bits per heavy atom. The normalized spacial score (nSPS) is 19.5. The highest BCUT2D eigenvalue weighted by Gasteiger charge is 2.16. The van der Waals surface area contributed by atoms with Gasteiger partial charge in [-0.3, -0.25) is 0 Å². The van der Waals surface area contributed by atoms with Crippen molar-refractivity contribution in [2.45, 2.75) is 58.9 Å². The monoisotopic (exact) mass is 226 g/mol. The second-order valence-corrected chi connectivity index (χ2v) is 5.55. The number of likely N-dealkylation sites (tertiary alicyclic amines) is 1. The molecule has 0 aromatic heterocycles. The van der Waals surface area contributed by atoms with E-state index < -0.39 is 0 Å². The van der Waals surface area contributed by atoms with E-state index in [1.54, 1.807) is 0 Å². The number of hydrogen-bond acceptors (Lipinski definition) is 2. The van der Waals surface area contributed by atoms with Gasteiger partial charge in [-0.1, -0.05) is 33.6 Å². The van der Waals surface area contributed by atoms with Crippen molar-refractivity contribution < 1.29 is 0 Å². The molecule has 0 amide bonds. The third kappa shape index (κ3) is 5.86. The highest BCUT2D eigenvalue weighted by Crippen LogP contribution is 2.10. The SMILES string of the molecule is CCN1CCC(NCCCCC(C)C)CC1. The van der Waals surface area contributed by atoms with Gasteiger partial charge in [0.05, 0.1) is 0 Å². The number of rotatable bonds is 7. The Hall–Kier alpha value is -0.0800. The molecule has 2 heteroatoms. The molecule has 1 rings (SSSR count). The van der Waals surface area contributed by atoms with Crippen LogP contribution in [0, 0.1) is 5.92 Å². The molecule has 0 aromatic carbocycles. The van der Waals surface area contributed by atoms with Gasteiger partial charge in [0.2, 0.25) is 0 Å². The van der Waals surface area contributed by atoms with Crippen LogP contribution in [0.25, 0.3) is 0 Å². The van der Waals surface area contributed by atoms with E-state index in [1.165, 1.54) is 58.3 Å². The Balaban J connectivity index is 1.94. The van der Waals surface area contributed by atoms with Crippen LogP contribution in [0.1, 0.15) is 52.9 Å². The molecule has 0 radical (unpaired) electrons. The standard InChI is InChI=1S/C14H30N2/c1-4-16-11-8-14(9-12-16)15-10-6-5-7-13(2)3/h13-15H,4-12H2,1-3H3. The van der Waals surface area contributed by atoms with Crippen molar-refractivity contribution in [3.63, 3.8) is 0 Å². The molecule has 1 saturated heterocycles. The predicted molar refractivity (Wildman–Crippen MR) is 71.8 cm³/mol. The minimum atomic E-state index is 0.793. The van der Waals surface area contributed by atoms with Gasteiger partial charge in [-0.25, -0.2) is 0 Å². The summed E-state index contributed by atoms with van der Waals surface area (Å²) in [6.45, 7) is 11.9. The Morgan fingerprint density at radius 2 is 1.88 bits per heavy atom. The highest BCUT2D eigenvalue weighted by molar-refractivity contribution is 4.76. The Morgan fingerprint density at radius 1 is 1.19 bits per heavy atom. The van der Waals surface area contributed by atoms with E-state index in [1.807, 2.05) is 0 Å². The Bertz CT molecular complexity index is 160. The van der Waals surface area contributed by atoms with Gasteiger partial charge in [0, 0.05) is 6.04 Å². The number of nitrogens with one attached hydrogen (secondary N) is 1. The molecule has 1 fully saturated rings. The largest absolute Gasteiger partial charge is 0.314 e. The molecule has 0 aromatic rings. The lowest BCUT2D eigenvalue weighted by Gasteiger charge is -2.31. The first-order valence-corrected chi connectivity index (χ1v) is 7.18. The quantitative estimate of drug-likeness (QED) is 0.672. The fourth-order valence-electron chi connectivity index (χ4n) is 2.44. The van der Waals surface area contributed by atoms with Gasteiger partial charge in [-0.15, -0.1) is 0 Å². The lowest BCUT2D eigenvalue weighted by atomic mass is 10.0. The minimum Gasteiger partial charge on any atom is -0.314 e. The van der Waals surface area contributed by atoms with Crippen molar-refractivity contribution in [2.24, 2.45) is 5.92 Å². The van der Waals surface area contributed by atoms with Gasteiger partial charge < -0.3 is 10.2 Å². The zero-order valence-electron chi connectivity index (χ0n) is 11.5. The first kappa shape index (κ1) is 14.0. The highest BCUT2D eigenvalue weighted by atomic mass is 15.1. The topological polar surface area (TPSA) is 15.3 Å². The zero-order chi connectivity index (χ0) is 11.8. The molecule has 1 aliphatic rings. The molecule has 0 saturated carbocycles. The molecule has 2 nitrogen and oxygen atoms in total. The maximum atomic E-state index is 3.71. The van der Waals surface area contributed by atoms with Gasteiger partial charge >= 0.3 is 0 Å². The van der Waals surface area contributed by atoms with Gasteiger partial charge in [0.25, 0.3) is 0 Å². The number of nitrogens with zero attached hydrogens (tertiary/aromatic N) is 1. The zero-order valence-corrected chi connectivity index (χ0v) is 11.5. The van der Waals surface area contributed by atoms with E-state index >= 15 is 0 Å². The molecular formula is C14H30N2. The van der Waals surface area contributed by atoms with Crippen LogP contribution in [0.3, 0.4) is 0 Å². The van der Waals surface area contributed by atoms with Crippen LogP contribution in [-0.4, -0.2) is 37.1 Å². The number of piperidine rings is 1. The molecule has 0 spiro atoms. The van der Waals surface area contributed by atoms with Gasteiger partial charge in [-0.2, -0.15) is 0 Å². The average Bonchev–Trinajstić information content (AvgIpc) is 2.29. The van der Waals surface area contributed by atoms with E-state index in [2.05, 4.69) is 31.0 Å². The van der Waals surface area contributed by atoms with Crippen LogP contribution >= 0.6 is 0 Å². The van der Waals surface area contributed by atoms with Gasteiger partial charge in [0.15, 0.2) is 0 Å². The molecule has 1 heterocycles. The molecule has 0 atom stereocenters. The average molecular weight is 226 g/mol. The molecule has 0 unspecified atom stereocenters. The summed E-state index contributed by atoms with van der Waals surface area (Å²) in [5, 5.41) is 3.71. The summed E-state index contributed by atoms with van der Waals surface area (Å²) in [6.07, 6.45) is 6.82. The molecule has 1 N–H and O–H groups in total. The minimum absolute atomic E-state index is 0.793. The van der Waals surface area contributed by atoms with Crippen LogP contribution in [0.15, 0.2) is 0 Å². The lowest BCUT2D eigenvalue weighted by Crippen LogP contribution is -2.42. The van der Waals surface area contributed by atoms with Crippen LogP contribution in [-0.2, 0) is 0 Å². The Kier molecular flexibility index (Phi) is 7.06. The smallest absolute Gasteiger partial charge is 0.00914 e. The third-order valence-electron chi connectivity index (χ3n) is 3.68.